The molecule has 0 spiro atoms. The van der Waals surface area contributed by atoms with E-state index in [1.54, 1.807) is 0 Å². The van der Waals surface area contributed by atoms with Crippen LogP contribution in [0.5, 0.6) is 0 Å². The van der Waals surface area contributed by atoms with E-state index in [2.05, 4.69) is 181 Å². The van der Waals surface area contributed by atoms with Crippen LogP contribution in [0.3, 0.4) is 0 Å². The van der Waals surface area contributed by atoms with Crippen molar-refractivity contribution >= 4 is 66.4 Å². The van der Waals surface area contributed by atoms with Crippen molar-refractivity contribution in [2.75, 3.05) is 9.80 Å². The first-order valence-electron chi connectivity index (χ1n) is 15.2. The van der Waals surface area contributed by atoms with E-state index in [0.717, 1.165) is 22.7 Å². The summed E-state index contributed by atoms with van der Waals surface area (Å²) in [6, 6.07) is 57.2. The van der Waals surface area contributed by atoms with Crippen LogP contribution in [0.4, 0.5) is 34.1 Å². The second-order valence-corrected chi connectivity index (χ2v) is 11.6. The predicted molar refractivity (Wildman–Crippen MR) is 189 cm³/mol. The molecule has 0 amide bonds. The molecule has 0 aromatic heterocycles. The third-order valence-corrected chi connectivity index (χ3v) is 8.65. The van der Waals surface area contributed by atoms with E-state index < -0.39 is 0 Å². The maximum absolute atomic E-state index is 2.39. The van der Waals surface area contributed by atoms with Gasteiger partial charge in [-0.25, -0.2) is 0 Å². The highest BCUT2D eigenvalue weighted by atomic mass is 15.1. The molecule has 0 heterocycles. The smallest absolute Gasteiger partial charge is 0.0540 e. The Labute approximate surface area is 258 Å². The van der Waals surface area contributed by atoms with Crippen LogP contribution in [0.25, 0.3) is 32.3 Å². The summed E-state index contributed by atoms with van der Waals surface area (Å²) in [4.78, 5) is 4.78. The number of hydrogen-bond donors (Lipinski definition) is 0. The zero-order valence-electron chi connectivity index (χ0n) is 24.9. The number of aryl methyl sites for hydroxylation is 2. The van der Waals surface area contributed by atoms with Gasteiger partial charge in [-0.05, 0) is 107 Å². The third kappa shape index (κ3) is 4.35. The second-order valence-electron chi connectivity index (χ2n) is 11.6. The highest BCUT2D eigenvalue weighted by Crippen LogP contribution is 2.47. The molecule has 8 aromatic rings. The summed E-state index contributed by atoms with van der Waals surface area (Å²) >= 11 is 0. The van der Waals surface area contributed by atoms with Crippen molar-refractivity contribution in [3.05, 3.63) is 169 Å². The average molecular weight is 565 g/mol. The van der Waals surface area contributed by atoms with E-state index in [-0.39, 0.29) is 0 Å². The van der Waals surface area contributed by atoms with Crippen molar-refractivity contribution in [2.45, 2.75) is 13.8 Å². The lowest BCUT2D eigenvalue weighted by molar-refractivity contribution is 1.28. The standard InChI is InChI=1S/C42H32N2/c1-29-11-9-17-35(27-29)43(33-13-5-3-6-14-33)39-25-21-31-19-20-32-22-26-40(38-24-23-37(39)41(31)42(32)38)44(34-15-7-4-8-16-34)36-18-10-12-30(2)28-36/h3-28H,1-2H3. The van der Waals surface area contributed by atoms with E-state index in [0.29, 0.717) is 0 Å². The highest BCUT2D eigenvalue weighted by molar-refractivity contribution is 6.28. The summed E-state index contributed by atoms with van der Waals surface area (Å²) < 4.78 is 0. The normalized spacial score (nSPS) is 11.4. The van der Waals surface area contributed by atoms with Crippen molar-refractivity contribution in [1.82, 2.24) is 0 Å². The Balaban J connectivity index is 1.42. The fourth-order valence-electron chi connectivity index (χ4n) is 6.70. The van der Waals surface area contributed by atoms with Crippen LogP contribution in [0.15, 0.2) is 158 Å². The molecular weight excluding hydrogens is 532 g/mol. The molecule has 0 aliphatic carbocycles. The summed E-state index contributed by atoms with van der Waals surface area (Å²) in [5.74, 6) is 0. The molecule has 0 unspecified atom stereocenters. The van der Waals surface area contributed by atoms with E-state index in [4.69, 9.17) is 0 Å². The molecule has 44 heavy (non-hydrogen) atoms. The number of benzene rings is 8. The minimum absolute atomic E-state index is 1.14. The van der Waals surface area contributed by atoms with Gasteiger partial charge in [0.05, 0.1) is 11.4 Å². The lowest BCUT2D eigenvalue weighted by Crippen LogP contribution is -2.11. The fraction of sp³-hybridized carbons (Fsp3) is 0.0476. The molecule has 0 atom stereocenters. The topological polar surface area (TPSA) is 6.48 Å². The molecule has 0 bridgehead atoms. The summed E-state index contributed by atoms with van der Waals surface area (Å²) in [5, 5.41) is 7.57. The number of para-hydroxylation sites is 2. The summed E-state index contributed by atoms with van der Waals surface area (Å²) in [6.45, 7) is 4.32. The third-order valence-electron chi connectivity index (χ3n) is 8.65. The first-order chi connectivity index (χ1) is 21.7. The molecule has 0 N–H and O–H groups in total. The lowest BCUT2D eigenvalue weighted by Gasteiger charge is -2.29. The minimum Gasteiger partial charge on any atom is -0.310 e. The van der Waals surface area contributed by atoms with Gasteiger partial charge in [0.2, 0.25) is 0 Å². The van der Waals surface area contributed by atoms with Crippen LogP contribution >= 0.6 is 0 Å². The largest absolute Gasteiger partial charge is 0.310 e. The van der Waals surface area contributed by atoms with Crippen LogP contribution in [-0.4, -0.2) is 0 Å². The Kier molecular flexibility index (Phi) is 6.27. The summed E-state index contributed by atoms with van der Waals surface area (Å²) in [7, 11) is 0. The van der Waals surface area contributed by atoms with E-state index >= 15 is 0 Å². The molecule has 0 radical (unpaired) electrons. The number of nitrogens with zero attached hydrogens (tertiary/aromatic N) is 2. The Morgan fingerprint density at radius 3 is 1.14 bits per heavy atom. The van der Waals surface area contributed by atoms with Gasteiger partial charge in [-0.3, -0.25) is 0 Å². The Hall–Kier alpha value is -5.60. The monoisotopic (exact) mass is 564 g/mol. The van der Waals surface area contributed by atoms with Crippen LogP contribution < -0.4 is 9.80 Å². The number of hydrogen-bond acceptors (Lipinski definition) is 2. The zero-order valence-corrected chi connectivity index (χ0v) is 24.9. The van der Waals surface area contributed by atoms with Gasteiger partial charge in [0, 0.05) is 33.5 Å². The fourth-order valence-corrected chi connectivity index (χ4v) is 6.70. The van der Waals surface area contributed by atoms with Gasteiger partial charge in [0.25, 0.3) is 0 Å². The molecule has 0 aliphatic rings. The average Bonchev–Trinajstić information content (AvgIpc) is 3.06. The molecule has 0 aliphatic heterocycles. The molecule has 2 nitrogen and oxygen atoms in total. The van der Waals surface area contributed by atoms with Crippen LogP contribution in [0.2, 0.25) is 0 Å². The minimum atomic E-state index is 1.14. The van der Waals surface area contributed by atoms with Crippen LogP contribution in [0, 0.1) is 13.8 Å². The molecule has 8 aromatic carbocycles. The van der Waals surface area contributed by atoms with Crippen molar-refractivity contribution in [1.29, 1.82) is 0 Å². The van der Waals surface area contributed by atoms with Crippen molar-refractivity contribution < 1.29 is 0 Å². The molecule has 8 rings (SSSR count). The van der Waals surface area contributed by atoms with Gasteiger partial charge in [0.1, 0.15) is 0 Å². The maximum atomic E-state index is 2.39. The summed E-state index contributed by atoms with van der Waals surface area (Å²) in [5.41, 5.74) is 9.42. The summed E-state index contributed by atoms with van der Waals surface area (Å²) in [6.07, 6.45) is 0. The molecule has 2 heteroatoms. The number of rotatable bonds is 6. The van der Waals surface area contributed by atoms with Gasteiger partial charge < -0.3 is 9.80 Å². The maximum Gasteiger partial charge on any atom is 0.0540 e. The van der Waals surface area contributed by atoms with Gasteiger partial charge in [-0.2, -0.15) is 0 Å². The van der Waals surface area contributed by atoms with Crippen molar-refractivity contribution in [3.8, 4) is 0 Å². The molecule has 0 fully saturated rings. The van der Waals surface area contributed by atoms with Crippen molar-refractivity contribution in [2.24, 2.45) is 0 Å². The SMILES string of the molecule is Cc1cccc(N(c2ccccc2)c2ccc3ccc4ccc(N(c5ccccc5)c5cccc(C)c5)c5ccc2c3c45)c1. The van der Waals surface area contributed by atoms with Gasteiger partial charge in [-0.1, -0.05) is 97.1 Å². The molecule has 0 saturated heterocycles. The van der Waals surface area contributed by atoms with E-state index in [1.807, 2.05) is 0 Å². The Morgan fingerprint density at radius 2 is 0.727 bits per heavy atom. The van der Waals surface area contributed by atoms with E-state index in [1.165, 1.54) is 54.8 Å². The Morgan fingerprint density at radius 1 is 0.341 bits per heavy atom. The van der Waals surface area contributed by atoms with Gasteiger partial charge in [0.15, 0.2) is 0 Å². The van der Waals surface area contributed by atoms with Crippen molar-refractivity contribution in [3.63, 3.8) is 0 Å². The van der Waals surface area contributed by atoms with Crippen LogP contribution in [0.1, 0.15) is 11.1 Å². The predicted octanol–water partition coefficient (Wildman–Crippen LogP) is 12.1. The first-order valence-corrected chi connectivity index (χ1v) is 15.2. The first kappa shape index (κ1) is 26.1. The van der Waals surface area contributed by atoms with Gasteiger partial charge in [-0.15, -0.1) is 0 Å². The molecule has 0 saturated carbocycles. The second kappa shape index (κ2) is 10.6. The zero-order chi connectivity index (χ0) is 29.6. The van der Waals surface area contributed by atoms with E-state index in [9.17, 15) is 0 Å². The Bertz CT molecular complexity index is 2090. The highest BCUT2D eigenvalue weighted by Gasteiger charge is 2.21. The molecular formula is C42H32N2. The lowest BCUT2D eigenvalue weighted by atomic mass is 9.91. The molecule has 210 valence electrons. The quantitative estimate of drug-likeness (QED) is 0.185. The number of anilines is 6. The van der Waals surface area contributed by atoms with Gasteiger partial charge >= 0.3 is 0 Å². The van der Waals surface area contributed by atoms with Crippen LogP contribution in [-0.2, 0) is 0 Å².